The van der Waals surface area contributed by atoms with Crippen LogP contribution in [0.1, 0.15) is 11.8 Å². The first kappa shape index (κ1) is 17.9. The highest BCUT2D eigenvalue weighted by atomic mass is 79.9. The number of hydrogen-bond donors (Lipinski definition) is 1. The number of benzene rings is 2. The van der Waals surface area contributed by atoms with Crippen molar-refractivity contribution in [3.05, 3.63) is 56.5 Å². The Labute approximate surface area is 172 Å². The standard InChI is InChI=1S/C17H11BrCl2N4OS/c1-26-17-22-16-14(23-24-17)10-7-8(18)5-6-12(10)21-15(25-16)9-3-2-4-11(19)13(9)20/h2-7,15,21H,1H3/t15-/m1/s1. The summed E-state index contributed by atoms with van der Waals surface area (Å²) in [5.74, 6) is 0.384. The second-order valence-corrected chi connectivity index (χ2v) is 7.90. The summed E-state index contributed by atoms with van der Waals surface area (Å²) in [7, 11) is 0. The zero-order valence-electron chi connectivity index (χ0n) is 13.3. The molecule has 2 aromatic carbocycles. The van der Waals surface area contributed by atoms with Gasteiger partial charge in [-0.3, -0.25) is 0 Å². The van der Waals surface area contributed by atoms with Crippen LogP contribution in [0.4, 0.5) is 5.69 Å². The molecule has 0 spiro atoms. The molecular weight excluding hydrogens is 459 g/mol. The summed E-state index contributed by atoms with van der Waals surface area (Å²) in [6, 6.07) is 11.2. The van der Waals surface area contributed by atoms with Crippen molar-refractivity contribution >= 4 is 56.6 Å². The first-order valence-corrected chi connectivity index (χ1v) is 10.3. The number of nitrogens with one attached hydrogen (secondary N) is 1. The maximum atomic E-state index is 6.41. The Bertz CT molecular complexity index is 1000. The Morgan fingerprint density at radius 1 is 1.19 bits per heavy atom. The van der Waals surface area contributed by atoms with Crippen molar-refractivity contribution in [2.24, 2.45) is 0 Å². The van der Waals surface area contributed by atoms with Gasteiger partial charge in [-0.1, -0.05) is 63.0 Å². The van der Waals surface area contributed by atoms with Crippen LogP contribution in [0.25, 0.3) is 11.3 Å². The summed E-state index contributed by atoms with van der Waals surface area (Å²) < 4.78 is 7.06. The molecular formula is C17H11BrCl2N4OS. The van der Waals surface area contributed by atoms with Crippen LogP contribution in [0.3, 0.4) is 0 Å². The van der Waals surface area contributed by atoms with E-state index >= 15 is 0 Å². The summed E-state index contributed by atoms with van der Waals surface area (Å²) in [6.45, 7) is 0. The van der Waals surface area contributed by atoms with E-state index in [1.165, 1.54) is 11.8 Å². The van der Waals surface area contributed by atoms with Crippen LogP contribution in [-0.4, -0.2) is 21.4 Å². The van der Waals surface area contributed by atoms with E-state index in [1.54, 1.807) is 6.07 Å². The second-order valence-electron chi connectivity index (χ2n) is 5.43. The molecule has 1 atom stereocenters. The molecule has 0 aliphatic carbocycles. The fraction of sp³-hybridized carbons (Fsp3) is 0.118. The SMILES string of the molecule is CSc1nnc2c(n1)O[C@H](c1cccc(Cl)c1Cl)Nc1ccc(Br)cc1-2. The molecule has 1 aliphatic heterocycles. The topological polar surface area (TPSA) is 59.9 Å². The molecule has 3 aromatic rings. The van der Waals surface area contributed by atoms with Crippen molar-refractivity contribution in [3.63, 3.8) is 0 Å². The third-order valence-electron chi connectivity index (χ3n) is 3.83. The zero-order valence-corrected chi connectivity index (χ0v) is 17.2. The lowest BCUT2D eigenvalue weighted by Crippen LogP contribution is -2.17. The number of nitrogens with zero attached hydrogens (tertiary/aromatic N) is 3. The van der Waals surface area contributed by atoms with Crippen LogP contribution in [0, 0.1) is 0 Å². The number of thioether (sulfide) groups is 1. The average molecular weight is 470 g/mol. The van der Waals surface area contributed by atoms with Crippen molar-refractivity contribution in [2.45, 2.75) is 11.4 Å². The summed E-state index contributed by atoms with van der Waals surface area (Å²) in [5, 5.41) is 13.2. The summed E-state index contributed by atoms with van der Waals surface area (Å²) in [4.78, 5) is 4.48. The molecule has 0 saturated heterocycles. The van der Waals surface area contributed by atoms with Crippen molar-refractivity contribution in [2.75, 3.05) is 11.6 Å². The van der Waals surface area contributed by atoms with Gasteiger partial charge in [0, 0.05) is 21.3 Å². The van der Waals surface area contributed by atoms with E-state index in [0.29, 0.717) is 32.3 Å². The normalized spacial score (nSPS) is 15.3. The van der Waals surface area contributed by atoms with Crippen molar-refractivity contribution < 1.29 is 4.74 Å². The Kier molecular flexibility index (Phi) is 4.96. The smallest absolute Gasteiger partial charge is 0.247 e. The van der Waals surface area contributed by atoms with Gasteiger partial charge in [-0.2, -0.15) is 4.98 Å². The number of hydrogen-bond acceptors (Lipinski definition) is 6. The highest BCUT2D eigenvalue weighted by Crippen LogP contribution is 2.42. The highest BCUT2D eigenvalue weighted by molar-refractivity contribution is 9.10. The Morgan fingerprint density at radius 2 is 2.04 bits per heavy atom. The predicted octanol–water partition coefficient (Wildman–Crippen LogP) is 5.83. The van der Waals surface area contributed by atoms with Crippen LogP contribution >= 0.6 is 50.9 Å². The van der Waals surface area contributed by atoms with Gasteiger partial charge in [0.15, 0.2) is 11.9 Å². The van der Waals surface area contributed by atoms with Crippen LogP contribution in [0.2, 0.25) is 10.0 Å². The maximum Gasteiger partial charge on any atom is 0.247 e. The molecule has 0 unspecified atom stereocenters. The molecule has 0 bridgehead atoms. The Hall–Kier alpha value is -1.54. The molecule has 1 aliphatic rings. The number of halogens is 3. The third-order valence-corrected chi connectivity index (χ3v) is 5.70. The molecule has 9 heteroatoms. The Morgan fingerprint density at radius 3 is 2.85 bits per heavy atom. The van der Waals surface area contributed by atoms with Gasteiger partial charge in [0.25, 0.3) is 0 Å². The maximum absolute atomic E-state index is 6.41. The molecule has 5 nitrogen and oxygen atoms in total. The van der Waals surface area contributed by atoms with Crippen molar-refractivity contribution in [1.82, 2.24) is 15.2 Å². The van der Waals surface area contributed by atoms with Gasteiger partial charge in [-0.25, -0.2) is 0 Å². The van der Waals surface area contributed by atoms with E-state index in [4.69, 9.17) is 27.9 Å². The van der Waals surface area contributed by atoms with Gasteiger partial charge in [0.05, 0.1) is 10.0 Å². The molecule has 0 radical (unpaired) electrons. The molecule has 26 heavy (non-hydrogen) atoms. The van der Waals surface area contributed by atoms with E-state index in [2.05, 4.69) is 36.4 Å². The van der Waals surface area contributed by atoms with Crippen LogP contribution < -0.4 is 10.1 Å². The van der Waals surface area contributed by atoms with Crippen molar-refractivity contribution in [1.29, 1.82) is 0 Å². The van der Waals surface area contributed by atoms with Gasteiger partial charge in [0.1, 0.15) is 0 Å². The molecule has 2 heterocycles. The lowest BCUT2D eigenvalue weighted by Gasteiger charge is -2.20. The molecule has 1 N–H and O–H groups in total. The minimum atomic E-state index is -0.575. The highest BCUT2D eigenvalue weighted by Gasteiger charge is 2.28. The lowest BCUT2D eigenvalue weighted by molar-refractivity contribution is 0.225. The van der Waals surface area contributed by atoms with Gasteiger partial charge >= 0.3 is 0 Å². The fourth-order valence-electron chi connectivity index (χ4n) is 2.62. The molecule has 0 amide bonds. The largest absolute Gasteiger partial charge is 0.448 e. The summed E-state index contributed by atoms with van der Waals surface area (Å²) in [5.41, 5.74) is 2.95. The lowest BCUT2D eigenvalue weighted by atomic mass is 10.1. The van der Waals surface area contributed by atoms with E-state index in [1.807, 2.05) is 36.6 Å². The number of fused-ring (bicyclic) bond motifs is 3. The minimum absolute atomic E-state index is 0.384. The van der Waals surface area contributed by atoms with E-state index in [-0.39, 0.29) is 0 Å². The van der Waals surface area contributed by atoms with Crippen molar-refractivity contribution in [3.8, 4) is 17.1 Å². The minimum Gasteiger partial charge on any atom is -0.448 e. The van der Waals surface area contributed by atoms with Crippen LogP contribution in [-0.2, 0) is 0 Å². The van der Waals surface area contributed by atoms with Gasteiger partial charge < -0.3 is 10.1 Å². The average Bonchev–Trinajstić information content (AvgIpc) is 2.80. The molecule has 0 fully saturated rings. The summed E-state index contributed by atoms with van der Waals surface area (Å²) >= 11 is 17.5. The van der Waals surface area contributed by atoms with Crippen LogP contribution in [0.5, 0.6) is 5.88 Å². The first-order valence-electron chi connectivity index (χ1n) is 7.52. The number of aromatic nitrogens is 3. The number of anilines is 1. The fourth-order valence-corrected chi connectivity index (χ4v) is 3.68. The molecule has 1 aromatic heterocycles. The van der Waals surface area contributed by atoms with Gasteiger partial charge in [-0.15, -0.1) is 10.2 Å². The van der Waals surface area contributed by atoms with Crippen LogP contribution in [0.15, 0.2) is 46.0 Å². The predicted molar refractivity (Wildman–Crippen MR) is 108 cm³/mol. The number of rotatable bonds is 2. The van der Waals surface area contributed by atoms with Gasteiger partial charge in [0.2, 0.25) is 11.0 Å². The summed E-state index contributed by atoms with van der Waals surface area (Å²) in [6.07, 6.45) is 1.31. The zero-order chi connectivity index (χ0) is 18.3. The first-order chi connectivity index (χ1) is 12.6. The molecule has 0 saturated carbocycles. The monoisotopic (exact) mass is 468 g/mol. The number of ether oxygens (including phenoxy) is 1. The quantitative estimate of drug-likeness (QED) is 0.476. The van der Waals surface area contributed by atoms with E-state index in [9.17, 15) is 0 Å². The van der Waals surface area contributed by atoms with E-state index in [0.717, 1.165) is 15.7 Å². The van der Waals surface area contributed by atoms with Gasteiger partial charge in [-0.05, 0) is 30.5 Å². The Balaban J connectivity index is 1.91. The molecule has 4 rings (SSSR count). The molecule has 132 valence electrons. The van der Waals surface area contributed by atoms with E-state index < -0.39 is 6.23 Å². The third kappa shape index (κ3) is 3.24. The second kappa shape index (κ2) is 7.23.